The summed E-state index contributed by atoms with van der Waals surface area (Å²) in [4.78, 5) is 11.4. The van der Waals surface area contributed by atoms with Gasteiger partial charge in [-0.15, -0.1) is 11.8 Å². The maximum Gasteiger partial charge on any atom is 0.244 e. The zero-order chi connectivity index (χ0) is 19.6. The molecule has 2 aromatic rings. The number of nitrogens with one attached hydrogen (secondary N) is 1. The van der Waals surface area contributed by atoms with Crippen LogP contribution in [0.3, 0.4) is 0 Å². The molecule has 27 heavy (non-hydrogen) atoms. The third-order valence-electron chi connectivity index (χ3n) is 4.52. The normalized spacial score (nSPS) is 18.0. The second-order valence-corrected chi connectivity index (χ2v) is 9.94. The Morgan fingerprint density at radius 1 is 1.11 bits per heavy atom. The van der Waals surface area contributed by atoms with Crippen LogP contribution in [0.15, 0.2) is 53.4 Å². The van der Waals surface area contributed by atoms with E-state index in [1.807, 2.05) is 12.1 Å². The van der Waals surface area contributed by atoms with E-state index >= 15 is 0 Å². The zero-order valence-corrected chi connectivity index (χ0v) is 17.3. The van der Waals surface area contributed by atoms with E-state index in [1.165, 1.54) is 12.5 Å². The van der Waals surface area contributed by atoms with Crippen LogP contribution in [-0.4, -0.2) is 30.9 Å². The number of carbonyl (C=O) groups is 1. The summed E-state index contributed by atoms with van der Waals surface area (Å²) in [6.07, 6.45) is 0. The molecule has 1 N–H and O–H groups in total. The minimum Gasteiger partial charge on any atom is -0.326 e. The molecule has 1 fully saturated rings. The number of hydrogen-bond acceptors (Lipinski definition) is 4. The quantitative estimate of drug-likeness (QED) is 0.811. The molecule has 1 atom stereocenters. The Hall–Kier alpha value is -1.83. The van der Waals surface area contributed by atoms with Gasteiger partial charge >= 0.3 is 0 Å². The Bertz CT molecular complexity index is 907. The lowest BCUT2D eigenvalue weighted by Gasteiger charge is -2.24. The summed E-state index contributed by atoms with van der Waals surface area (Å²) in [5.41, 5.74) is 2.82. The molecule has 0 bridgehead atoms. The van der Waals surface area contributed by atoms with Crippen LogP contribution in [0.2, 0.25) is 0 Å². The first-order valence-corrected chi connectivity index (χ1v) is 11.4. The summed E-state index contributed by atoms with van der Waals surface area (Å²) in [7, 11) is -3.61. The number of sulfonamides is 1. The predicted octanol–water partition coefficient (Wildman–Crippen LogP) is 4.20. The zero-order valence-electron chi connectivity index (χ0n) is 15.7. The summed E-state index contributed by atoms with van der Waals surface area (Å²) in [5, 5.41) is 2.43. The Morgan fingerprint density at radius 2 is 1.74 bits per heavy atom. The number of carbonyl (C=O) groups excluding carboxylic acids is 1. The lowest BCUT2D eigenvalue weighted by Crippen LogP contribution is -2.30. The van der Waals surface area contributed by atoms with Crippen molar-refractivity contribution in [2.24, 2.45) is 0 Å². The monoisotopic (exact) mass is 404 g/mol. The van der Waals surface area contributed by atoms with Crippen LogP contribution < -0.4 is 5.32 Å². The molecule has 0 aromatic heterocycles. The van der Waals surface area contributed by atoms with Crippen molar-refractivity contribution >= 4 is 33.4 Å². The number of rotatable bonds is 5. The Morgan fingerprint density at radius 3 is 2.30 bits per heavy atom. The molecule has 7 heteroatoms. The first-order chi connectivity index (χ1) is 12.8. The molecule has 0 saturated carbocycles. The highest BCUT2D eigenvalue weighted by Gasteiger charge is 2.36. The number of amides is 1. The SMILES string of the molecule is CC(=O)Nc1ccc(S(=O)(=O)N2CCSC2c2ccc(C(C)C)cc2)cc1. The van der Waals surface area contributed by atoms with E-state index in [1.54, 1.807) is 40.3 Å². The van der Waals surface area contributed by atoms with Crippen molar-refractivity contribution in [2.45, 2.75) is 37.0 Å². The van der Waals surface area contributed by atoms with Gasteiger partial charge in [0, 0.05) is 24.9 Å². The summed E-state index contributed by atoms with van der Waals surface area (Å²) < 4.78 is 27.9. The predicted molar refractivity (Wildman–Crippen MR) is 110 cm³/mol. The van der Waals surface area contributed by atoms with Crippen molar-refractivity contribution in [3.63, 3.8) is 0 Å². The fourth-order valence-electron chi connectivity index (χ4n) is 3.06. The minimum atomic E-state index is -3.61. The molecule has 0 spiro atoms. The average molecular weight is 405 g/mol. The van der Waals surface area contributed by atoms with E-state index < -0.39 is 10.0 Å². The van der Waals surface area contributed by atoms with Gasteiger partial charge in [-0.1, -0.05) is 38.1 Å². The fraction of sp³-hybridized carbons (Fsp3) is 0.350. The summed E-state index contributed by atoms with van der Waals surface area (Å²) >= 11 is 1.64. The topological polar surface area (TPSA) is 66.5 Å². The van der Waals surface area contributed by atoms with Crippen molar-refractivity contribution < 1.29 is 13.2 Å². The molecule has 1 aliphatic heterocycles. The fourth-order valence-corrected chi connectivity index (χ4v) is 6.30. The van der Waals surface area contributed by atoms with Crippen molar-refractivity contribution in [3.05, 3.63) is 59.7 Å². The van der Waals surface area contributed by atoms with Gasteiger partial charge in [0.2, 0.25) is 15.9 Å². The molecular formula is C20H24N2O3S2. The largest absolute Gasteiger partial charge is 0.326 e. The minimum absolute atomic E-state index is 0.188. The van der Waals surface area contributed by atoms with Gasteiger partial charge in [-0.2, -0.15) is 4.31 Å². The van der Waals surface area contributed by atoms with E-state index in [0.29, 0.717) is 18.2 Å². The third kappa shape index (κ3) is 4.36. The van der Waals surface area contributed by atoms with E-state index in [9.17, 15) is 13.2 Å². The molecule has 1 unspecified atom stereocenters. The number of thioether (sulfide) groups is 1. The molecular weight excluding hydrogens is 380 g/mol. The third-order valence-corrected chi connectivity index (χ3v) is 7.79. The van der Waals surface area contributed by atoms with Crippen LogP contribution in [-0.2, 0) is 14.8 Å². The summed E-state index contributed by atoms with van der Waals surface area (Å²) in [6.45, 7) is 6.18. The molecule has 2 aromatic carbocycles. The molecule has 1 amide bonds. The van der Waals surface area contributed by atoms with Crippen molar-refractivity contribution in [3.8, 4) is 0 Å². The van der Waals surface area contributed by atoms with Gasteiger partial charge in [-0.25, -0.2) is 8.42 Å². The van der Waals surface area contributed by atoms with Crippen LogP contribution in [0, 0.1) is 0 Å². The number of benzene rings is 2. The van der Waals surface area contributed by atoms with E-state index in [-0.39, 0.29) is 16.2 Å². The van der Waals surface area contributed by atoms with Gasteiger partial charge in [0.25, 0.3) is 0 Å². The van der Waals surface area contributed by atoms with Crippen LogP contribution >= 0.6 is 11.8 Å². The van der Waals surface area contributed by atoms with E-state index in [2.05, 4.69) is 31.3 Å². The van der Waals surface area contributed by atoms with Crippen LogP contribution in [0.4, 0.5) is 5.69 Å². The maximum atomic E-state index is 13.2. The highest BCUT2D eigenvalue weighted by atomic mass is 32.2. The van der Waals surface area contributed by atoms with Crippen LogP contribution in [0.1, 0.15) is 43.2 Å². The van der Waals surface area contributed by atoms with Gasteiger partial charge in [0.05, 0.1) is 10.3 Å². The lowest BCUT2D eigenvalue weighted by molar-refractivity contribution is -0.114. The number of hydrogen-bond donors (Lipinski definition) is 1. The van der Waals surface area contributed by atoms with Gasteiger partial charge < -0.3 is 5.32 Å². The Labute approximate surface area is 165 Å². The lowest BCUT2D eigenvalue weighted by atomic mass is 10.0. The van der Waals surface area contributed by atoms with Crippen LogP contribution in [0.25, 0.3) is 0 Å². The van der Waals surface area contributed by atoms with E-state index in [0.717, 1.165) is 11.3 Å². The molecule has 0 aliphatic carbocycles. The molecule has 1 heterocycles. The summed E-state index contributed by atoms with van der Waals surface area (Å²) in [5.74, 6) is 1.02. The van der Waals surface area contributed by atoms with Gasteiger partial charge in [0.15, 0.2) is 0 Å². The molecule has 1 aliphatic rings. The second kappa shape index (κ2) is 8.04. The van der Waals surface area contributed by atoms with Gasteiger partial charge in [-0.05, 0) is 41.3 Å². The maximum absolute atomic E-state index is 13.2. The second-order valence-electron chi connectivity index (χ2n) is 6.87. The molecule has 3 rings (SSSR count). The van der Waals surface area contributed by atoms with Crippen molar-refractivity contribution in [1.29, 1.82) is 0 Å². The highest BCUT2D eigenvalue weighted by molar-refractivity contribution is 8.01. The average Bonchev–Trinajstić information content (AvgIpc) is 3.12. The number of anilines is 1. The van der Waals surface area contributed by atoms with Crippen molar-refractivity contribution in [1.82, 2.24) is 4.31 Å². The van der Waals surface area contributed by atoms with Crippen LogP contribution in [0.5, 0.6) is 0 Å². The number of nitrogens with zero attached hydrogens (tertiary/aromatic N) is 1. The molecule has 5 nitrogen and oxygen atoms in total. The highest BCUT2D eigenvalue weighted by Crippen LogP contribution is 2.41. The van der Waals surface area contributed by atoms with Crippen molar-refractivity contribution in [2.75, 3.05) is 17.6 Å². The van der Waals surface area contributed by atoms with E-state index in [4.69, 9.17) is 0 Å². The Kier molecular flexibility index (Phi) is 5.93. The first kappa shape index (κ1) is 19.9. The first-order valence-electron chi connectivity index (χ1n) is 8.90. The Balaban J connectivity index is 1.85. The molecule has 144 valence electrons. The van der Waals surface area contributed by atoms with Gasteiger partial charge in [0.1, 0.15) is 0 Å². The van der Waals surface area contributed by atoms with Gasteiger partial charge in [-0.3, -0.25) is 4.79 Å². The standard InChI is InChI=1S/C20H24N2O3S2/c1-14(2)16-4-6-17(7-5-16)20-22(12-13-26-20)27(24,25)19-10-8-18(9-11-19)21-15(3)23/h4-11,14,20H,12-13H2,1-3H3,(H,21,23). The summed E-state index contributed by atoms with van der Waals surface area (Å²) in [6, 6.07) is 14.5. The molecule has 1 saturated heterocycles. The smallest absolute Gasteiger partial charge is 0.244 e. The molecule has 0 radical (unpaired) electrons.